The van der Waals surface area contributed by atoms with E-state index in [-0.39, 0.29) is 17.7 Å². The largest absolute Gasteiger partial charge is 0.397 e. The highest BCUT2D eigenvalue weighted by atomic mass is 32.1. The highest BCUT2D eigenvalue weighted by Gasteiger charge is 2.20. The molecule has 140 valence electrons. The van der Waals surface area contributed by atoms with Crippen LogP contribution in [0.3, 0.4) is 0 Å². The van der Waals surface area contributed by atoms with Crippen LogP contribution in [-0.2, 0) is 6.42 Å². The lowest BCUT2D eigenvalue weighted by Crippen LogP contribution is -2.32. The topological polar surface area (TPSA) is 85.1 Å². The summed E-state index contributed by atoms with van der Waals surface area (Å²) in [6.07, 6.45) is 1.74. The number of fused-ring (bicyclic) bond motifs is 1. The molecule has 1 aromatic carbocycles. The fourth-order valence-electron chi connectivity index (χ4n) is 3.04. The van der Waals surface area contributed by atoms with Gasteiger partial charge in [0.05, 0.1) is 5.69 Å². The van der Waals surface area contributed by atoms with Crippen molar-refractivity contribution in [3.63, 3.8) is 0 Å². The molecule has 27 heavy (non-hydrogen) atoms. The molecule has 0 aliphatic heterocycles. The number of rotatable bonds is 6. The minimum absolute atomic E-state index is 0.0183. The number of nitrogen functional groups attached to an aromatic ring is 1. The average molecular weight is 382 g/mol. The van der Waals surface area contributed by atoms with Gasteiger partial charge >= 0.3 is 0 Å². The Morgan fingerprint density at radius 3 is 2.63 bits per heavy atom. The second kappa shape index (κ2) is 7.88. The Morgan fingerprint density at radius 2 is 1.96 bits per heavy atom. The minimum atomic E-state index is -0.196. The van der Waals surface area contributed by atoms with Crippen LogP contribution in [0.2, 0.25) is 0 Å². The molecule has 0 bridgehead atoms. The molecule has 3 N–H and O–H groups in total. The standard InChI is InChI=1S/C21H23N3O2S/c1-12(9-10-15-7-5-4-6-8-15)23-20(26)19-18(22)17-11-16(14(3)25)13(2)24-21(17)27-19/h4-8,11-12H,9-10,22H2,1-3H3,(H,23,26)/t12-/m1/s1. The van der Waals surface area contributed by atoms with Crippen molar-refractivity contribution in [3.05, 3.63) is 58.1 Å². The third-order valence-electron chi connectivity index (χ3n) is 4.58. The Bertz CT molecular complexity index is 996. The summed E-state index contributed by atoms with van der Waals surface area (Å²) >= 11 is 1.26. The van der Waals surface area contributed by atoms with E-state index in [0.717, 1.165) is 12.8 Å². The smallest absolute Gasteiger partial charge is 0.263 e. The van der Waals surface area contributed by atoms with E-state index in [0.29, 0.717) is 32.0 Å². The van der Waals surface area contributed by atoms with Crippen molar-refractivity contribution in [2.45, 2.75) is 39.7 Å². The summed E-state index contributed by atoms with van der Waals surface area (Å²) in [6.45, 7) is 5.28. The van der Waals surface area contributed by atoms with Gasteiger partial charge in [0.15, 0.2) is 5.78 Å². The van der Waals surface area contributed by atoms with Gasteiger partial charge in [-0.15, -0.1) is 11.3 Å². The first kappa shape index (κ1) is 19.0. The van der Waals surface area contributed by atoms with Crippen molar-refractivity contribution in [1.29, 1.82) is 0 Å². The lowest BCUT2D eigenvalue weighted by molar-refractivity contribution is 0.0942. The van der Waals surface area contributed by atoms with Crippen molar-refractivity contribution in [3.8, 4) is 0 Å². The fourth-order valence-corrected chi connectivity index (χ4v) is 4.07. The molecule has 0 aliphatic rings. The number of aryl methyl sites for hydroxylation is 2. The normalized spacial score (nSPS) is 12.1. The average Bonchev–Trinajstić information content (AvgIpc) is 2.96. The number of Topliss-reactive ketones (excluding diaryl/α,β-unsaturated/α-hetero) is 1. The van der Waals surface area contributed by atoms with Crippen LogP contribution < -0.4 is 11.1 Å². The van der Waals surface area contributed by atoms with Crippen molar-refractivity contribution in [1.82, 2.24) is 10.3 Å². The SMILES string of the molecule is CC(=O)c1cc2c(N)c(C(=O)N[C@H](C)CCc3ccccc3)sc2nc1C. The number of pyridine rings is 1. The van der Waals surface area contributed by atoms with Gasteiger partial charge in [0, 0.05) is 22.7 Å². The second-order valence-electron chi connectivity index (χ2n) is 6.77. The molecule has 0 saturated carbocycles. The van der Waals surface area contributed by atoms with E-state index in [1.54, 1.807) is 13.0 Å². The van der Waals surface area contributed by atoms with Crippen LogP contribution in [0.25, 0.3) is 10.2 Å². The molecule has 5 nitrogen and oxygen atoms in total. The van der Waals surface area contributed by atoms with E-state index in [1.807, 2.05) is 25.1 Å². The van der Waals surface area contributed by atoms with Crippen molar-refractivity contribution in [2.75, 3.05) is 5.73 Å². The Kier molecular flexibility index (Phi) is 5.56. The van der Waals surface area contributed by atoms with Gasteiger partial charge in [0.25, 0.3) is 5.91 Å². The Hall–Kier alpha value is -2.73. The van der Waals surface area contributed by atoms with E-state index in [1.165, 1.54) is 23.8 Å². The third-order valence-corrected chi connectivity index (χ3v) is 5.70. The molecule has 0 spiro atoms. The van der Waals surface area contributed by atoms with Crippen LogP contribution in [0.1, 0.15) is 51.6 Å². The number of hydrogen-bond acceptors (Lipinski definition) is 5. The number of amides is 1. The van der Waals surface area contributed by atoms with Crippen molar-refractivity contribution in [2.24, 2.45) is 0 Å². The maximum Gasteiger partial charge on any atom is 0.263 e. The number of carbonyl (C=O) groups is 2. The van der Waals surface area contributed by atoms with Gasteiger partial charge in [0.2, 0.25) is 0 Å². The van der Waals surface area contributed by atoms with Gasteiger partial charge in [-0.1, -0.05) is 30.3 Å². The summed E-state index contributed by atoms with van der Waals surface area (Å²) in [5.74, 6) is -0.258. The summed E-state index contributed by atoms with van der Waals surface area (Å²) in [5, 5.41) is 3.68. The number of aromatic nitrogens is 1. The first-order valence-corrected chi connectivity index (χ1v) is 9.73. The number of anilines is 1. The molecule has 0 fully saturated rings. The number of carbonyl (C=O) groups excluding carboxylic acids is 2. The number of ketones is 1. The zero-order chi connectivity index (χ0) is 19.6. The quantitative estimate of drug-likeness (QED) is 0.629. The van der Waals surface area contributed by atoms with E-state index >= 15 is 0 Å². The van der Waals surface area contributed by atoms with Gasteiger partial charge in [-0.25, -0.2) is 4.98 Å². The Labute approximate surface area is 162 Å². The van der Waals surface area contributed by atoms with Crippen LogP contribution in [0.5, 0.6) is 0 Å². The molecule has 0 aliphatic carbocycles. The molecule has 1 atom stereocenters. The summed E-state index contributed by atoms with van der Waals surface area (Å²) in [5.41, 5.74) is 9.02. The number of hydrogen-bond donors (Lipinski definition) is 2. The van der Waals surface area contributed by atoms with Crippen LogP contribution in [0, 0.1) is 6.92 Å². The van der Waals surface area contributed by atoms with Crippen LogP contribution in [0.15, 0.2) is 36.4 Å². The number of nitrogens with one attached hydrogen (secondary N) is 1. The highest BCUT2D eigenvalue weighted by Crippen LogP contribution is 2.33. The predicted molar refractivity (Wildman–Crippen MR) is 110 cm³/mol. The summed E-state index contributed by atoms with van der Waals surface area (Å²) in [4.78, 5) is 30.0. The Balaban J connectivity index is 1.75. The lowest BCUT2D eigenvalue weighted by atomic mass is 10.1. The maximum absolute atomic E-state index is 12.7. The molecule has 2 heterocycles. The first-order valence-electron chi connectivity index (χ1n) is 8.92. The predicted octanol–water partition coefficient (Wildman–Crippen LogP) is 4.14. The van der Waals surface area contributed by atoms with Crippen LogP contribution >= 0.6 is 11.3 Å². The lowest BCUT2D eigenvalue weighted by Gasteiger charge is -2.13. The van der Waals surface area contributed by atoms with E-state index in [9.17, 15) is 9.59 Å². The molecule has 0 unspecified atom stereocenters. The molecule has 0 radical (unpaired) electrons. The number of thiophene rings is 1. The first-order chi connectivity index (χ1) is 12.9. The molecular weight excluding hydrogens is 358 g/mol. The molecular formula is C21H23N3O2S. The van der Waals surface area contributed by atoms with Gasteiger partial charge < -0.3 is 11.1 Å². The van der Waals surface area contributed by atoms with Gasteiger partial charge in [-0.3, -0.25) is 9.59 Å². The van der Waals surface area contributed by atoms with Crippen molar-refractivity contribution >= 4 is 38.9 Å². The summed E-state index contributed by atoms with van der Waals surface area (Å²) in [7, 11) is 0. The van der Waals surface area contributed by atoms with Gasteiger partial charge in [-0.05, 0) is 45.2 Å². The van der Waals surface area contributed by atoms with E-state index < -0.39 is 0 Å². The zero-order valence-electron chi connectivity index (χ0n) is 15.7. The highest BCUT2D eigenvalue weighted by molar-refractivity contribution is 7.21. The molecule has 3 rings (SSSR count). The van der Waals surface area contributed by atoms with Gasteiger partial charge in [-0.2, -0.15) is 0 Å². The number of benzene rings is 1. The fraction of sp³-hybridized carbons (Fsp3) is 0.286. The monoisotopic (exact) mass is 381 g/mol. The van der Waals surface area contributed by atoms with Crippen LogP contribution in [0.4, 0.5) is 5.69 Å². The van der Waals surface area contributed by atoms with Crippen LogP contribution in [-0.4, -0.2) is 22.7 Å². The number of nitrogens with zero attached hydrogens (tertiary/aromatic N) is 1. The summed E-state index contributed by atoms with van der Waals surface area (Å²) < 4.78 is 0. The van der Waals surface area contributed by atoms with Crippen molar-refractivity contribution < 1.29 is 9.59 Å². The molecule has 1 amide bonds. The Morgan fingerprint density at radius 1 is 1.26 bits per heavy atom. The molecule has 2 aromatic heterocycles. The zero-order valence-corrected chi connectivity index (χ0v) is 16.5. The summed E-state index contributed by atoms with van der Waals surface area (Å²) in [6, 6.07) is 11.9. The molecule has 0 saturated heterocycles. The molecule has 6 heteroatoms. The van der Waals surface area contributed by atoms with E-state index in [4.69, 9.17) is 5.73 Å². The second-order valence-corrected chi connectivity index (χ2v) is 7.77. The minimum Gasteiger partial charge on any atom is -0.397 e. The molecule has 3 aromatic rings. The number of nitrogens with two attached hydrogens (primary N) is 1. The van der Waals surface area contributed by atoms with E-state index in [2.05, 4.69) is 22.4 Å². The maximum atomic E-state index is 12.7. The third kappa shape index (κ3) is 4.17. The van der Waals surface area contributed by atoms with Gasteiger partial charge in [0.1, 0.15) is 9.71 Å².